The lowest BCUT2D eigenvalue weighted by Gasteiger charge is -2.13. The summed E-state index contributed by atoms with van der Waals surface area (Å²) in [5, 5.41) is 0. The fraction of sp³-hybridized carbons (Fsp3) is 0.375. The first-order valence-electron chi connectivity index (χ1n) is 3.98. The van der Waals surface area contributed by atoms with Crippen LogP contribution in [0.15, 0.2) is 11.6 Å². The van der Waals surface area contributed by atoms with Crippen molar-refractivity contribution in [2.45, 2.75) is 6.92 Å². The standard InChI is InChI=1S/C8H10N2O4/c1-5-4-6(11)10(7(5)12)2-3-14-8(9)13/h4H,2-3H2,1H3,(H2,9,13). The maximum atomic E-state index is 11.3. The summed E-state index contributed by atoms with van der Waals surface area (Å²) in [6.07, 6.45) is 0.320. The first-order chi connectivity index (χ1) is 6.52. The van der Waals surface area contributed by atoms with Gasteiger partial charge in [0.1, 0.15) is 6.61 Å². The normalized spacial score (nSPS) is 15.8. The number of carbonyl (C=O) groups is 3. The van der Waals surface area contributed by atoms with E-state index in [1.165, 1.54) is 6.08 Å². The maximum absolute atomic E-state index is 11.3. The van der Waals surface area contributed by atoms with Crippen LogP contribution in [0, 0.1) is 0 Å². The van der Waals surface area contributed by atoms with Gasteiger partial charge in [-0.2, -0.15) is 0 Å². The second kappa shape index (κ2) is 3.91. The van der Waals surface area contributed by atoms with Crippen LogP contribution < -0.4 is 5.73 Å². The molecule has 1 aliphatic rings. The van der Waals surface area contributed by atoms with Gasteiger partial charge in [0.25, 0.3) is 11.8 Å². The molecule has 6 nitrogen and oxygen atoms in total. The fourth-order valence-electron chi connectivity index (χ4n) is 1.09. The minimum atomic E-state index is -0.922. The molecule has 0 radical (unpaired) electrons. The molecule has 3 amide bonds. The van der Waals surface area contributed by atoms with E-state index in [0.29, 0.717) is 5.57 Å². The average Bonchev–Trinajstić information content (AvgIpc) is 2.31. The van der Waals surface area contributed by atoms with Crippen LogP contribution in [0.3, 0.4) is 0 Å². The van der Waals surface area contributed by atoms with Gasteiger partial charge in [-0.05, 0) is 6.92 Å². The summed E-state index contributed by atoms with van der Waals surface area (Å²) < 4.78 is 4.41. The molecule has 0 aromatic rings. The molecule has 1 rings (SSSR count). The third kappa shape index (κ3) is 2.09. The molecule has 0 unspecified atom stereocenters. The van der Waals surface area contributed by atoms with E-state index in [-0.39, 0.29) is 25.0 Å². The molecular formula is C8H10N2O4. The predicted molar refractivity (Wildman–Crippen MR) is 46.0 cm³/mol. The van der Waals surface area contributed by atoms with Crippen molar-refractivity contribution in [3.8, 4) is 0 Å². The summed E-state index contributed by atoms with van der Waals surface area (Å²) in [5.74, 6) is -0.747. The Balaban J connectivity index is 2.44. The van der Waals surface area contributed by atoms with Gasteiger partial charge in [0.2, 0.25) is 0 Å². The Morgan fingerprint density at radius 3 is 2.64 bits per heavy atom. The van der Waals surface area contributed by atoms with E-state index in [9.17, 15) is 14.4 Å². The molecular weight excluding hydrogens is 188 g/mol. The van der Waals surface area contributed by atoms with Crippen LogP contribution in [0.25, 0.3) is 0 Å². The molecule has 6 heteroatoms. The highest BCUT2D eigenvalue weighted by atomic mass is 16.5. The zero-order chi connectivity index (χ0) is 10.7. The minimum Gasteiger partial charge on any atom is -0.448 e. The average molecular weight is 198 g/mol. The second-order valence-electron chi connectivity index (χ2n) is 2.79. The van der Waals surface area contributed by atoms with Crippen LogP contribution in [-0.2, 0) is 14.3 Å². The van der Waals surface area contributed by atoms with Gasteiger partial charge in [-0.25, -0.2) is 4.79 Å². The Hall–Kier alpha value is -1.85. The van der Waals surface area contributed by atoms with E-state index in [2.05, 4.69) is 4.74 Å². The van der Waals surface area contributed by atoms with E-state index in [1.807, 2.05) is 0 Å². The molecule has 2 N–H and O–H groups in total. The van der Waals surface area contributed by atoms with Gasteiger partial charge in [0.15, 0.2) is 0 Å². The Morgan fingerprint density at radius 2 is 2.21 bits per heavy atom. The van der Waals surface area contributed by atoms with Crippen molar-refractivity contribution < 1.29 is 19.1 Å². The van der Waals surface area contributed by atoms with Crippen molar-refractivity contribution in [2.75, 3.05) is 13.2 Å². The van der Waals surface area contributed by atoms with E-state index in [1.54, 1.807) is 6.92 Å². The van der Waals surface area contributed by atoms with Crippen molar-refractivity contribution in [3.05, 3.63) is 11.6 Å². The van der Waals surface area contributed by atoms with Crippen LogP contribution >= 0.6 is 0 Å². The van der Waals surface area contributed by atoms with Crippen LogP contribution in [-0.4, -0.2) is 36.0 Å². The lowest BCUT2D eigenvalue weighted by atomic mass is 10.3. The maximum Gasteiger partial charge on any atom is 0.404 e. The van der Waals surface area contributed by atoms with Crippen molar-refractivity contribution >= 4 is 17.9 Å². The first-order valence-corrected chi connectivity index (χ1v) is 3.98. The number of carbonyl (C=O) groups excluding carboxylic acids is 3. The number of rotatable bonds is 3. The number of ether oxygens (including phenoxy) is 1. The number of hydrogen-bond acceptors (Lipinski definition) is 4. The topological polar surface area (TPSA) is 89.7 Å². The molecule has 0 aromatic carbocycles. The predicted octanol–water partition coefficient (Wildman–Crippen LogP) is -0.603. The molecule has 0 saturated carbocycles. The Kier molecular flexibility index (Phi) is 2.85. The fourth-order valence-corrected chi connectivity index (χ4v) is 1.09. The zero-order valence-corrected chi connectivity index (χ0v) is 7.65. The van der Waals surface area contributed by atoms with Gasteiger partial charge in [-0.1, -0.05) is 0 Å². The highest BCUT2D eigenvalue weighted by Gasteiger charge is 2.27. The summed E-state index contributed by atoms with van der Waals surface area (Å²) in [7, 11) is 0. The smallest absolute Gasteiger partial charge is 0.404 e. The molecule has 0 spiro atoms. The van der Waals surface area contributed by atoms with Crippen molar-refractivity contribution in [3.63, 3.8) is 0 Å². The molecule has 0 aliphatic carbocycles. The molecule has 0 saturated heterocycles. The molecule has 0 bridgehead atoms. The molecule has 0 atom stereocenters. The Morgan fingerprint density at radius 1 is 1.57 bits per heavy atom. The summed E-state index contributed by atoms with van der Waals surface area (Å²) in [4.78, 5) is 33.6. The molecule has 1 aliphatic heterocycles. The lowest BCUT2D eigenvalue weighted by Crippen LogP contribution is -2.34. The van der Waals surface area contributed by atoms with E-state index >= 15 is 0 Å². The highest BCUT2D eigenvalue weighted by Crippen LogP contribution is 2.10. The zero-order valence-electron chi connectivity index (χ0n) is 7.65. The van der Waals surface area contributed by atoms with Gasteiger partial charge < -0.3 is 10.5 Å². The minimum absolute atomic E-state index is 0.0362. The summed E-state index contributed by atoms with van der Waals surface area (Å²) >= 11 is 0. The van der Waals surface area contributed by atoms with E-state index in [4.69, 9.17) is 5.73 Å². The van der Waals surface area contributed by atoms with Gasteiger partial charge >= 0.3 is 6.09 Å². The van der Waals surface area contributed by atoms with Crippen molar-refractivity contribution in [1.82, 2.24) is 4.90 Å². The number of nitrogens with two attached hydrogens (primary N) is 1. The number of amides is 3. The number of primary amides is 1. The second-order valence-corrected chi connectivity index (χ2v) is 2.79. The first kappa shape index (κ1) is 10.2. The van der Waals surface area contributed by atoms with E-state index < -0.39 is 6.09 Å². The van der Waals surface area contributed by atoms with Crippen molar-refractivity contribution in [1.29, 1.82) is 0 Å². The van der Waals surface area contributed by atoms with E-state index in [0.717, 1.165) is 4.90 Å². The molecule has 76 valence electrons. The van der Waals surface area contributed by atoms with Crippen molar-refractivity contribution in [2.24, 2.45) is 5.73 Å². The lowest BCUT2D eigenvalue weighted by molar-refractivity contribution is -0.137. The Labute approximate surface area is 80.3 Å². The Bertz CT molecular complexity index is 321. The van der Waals surface area contributed by atoms with Crippen LogP contribution in [0.1, 0.15) is 6.92 Å². The summed E-state index contributed by atoms with van der Waals surface area (Å²) in [6.45, 7) is 1.51. The van der Waals surface area contributed by atoms with Crippen LogP contribution in [0.2, 0.25) is 0 Å². The monoisotopic (exact) mass is 198 g/mol. The SMILES string of the molecule is CC1=CC(=O)N(CCOC(N)=O)C1=O. The molecule has 14 heavy (non-hydrogen) atoms. The molecule has 0 fully saturated rings. The van der Waals surface area contributed by atoms with Crippen LogP contribution in [0.4, 0.5) is 4.79 Å². The number of nitrogens with zero attached hydrogens (tertiary/aromatic N) is 1. The molecule has 1 heterocycles. The van der Waals surface area contributed by atoms with Gasteiger partial charge in [-0.3, -0.25) is 14.5 Å². The van der Waals surface area contributed by atoms with Gasteiger partial charge in [-0.15, -0.1) is 0 Å². The highest BCUT2D eigenvalue weighted by molar-refractivity contribution is 6.15. The van der Waals surface area contributed by atoms with Crippen LogP contribution in [0.5, 0.6) is 0 Å². The quantitative estimate of drug-likeness (QED) is 0.613. The third-order valence-electron chi connectivity index (χ3n) is 1.75. The third-order valence-corrected chi connectivity index (χ3v) is 1.75. The van der Waals surface area contributed by atoms with Gasteiger partial charge in [0, 0.05) is 11.6 Å². The largest absolute Gasteiger partial charge is 0.448 e. The number of imide groups is 1. The van der Waals surface area contributed by atoms with Gasteiger partial charge in [0.05, 0.1) is 6.54 Å². The summed E-state index contributed by atoms with van der Waals surface area (Å²) in [5.41, 5.74) is 5.09. The summed E-state index contributed by atoms with van der Waals surface area (Å²) in [6, 6.07) is 0. The number of hydrogen-bond donors (Lipinski definition) is 1. The molecule has 0 aromatic heterocycles.